The van der Waals surface area contributed by atoms with Crippen molar-refractivity contribution in [3.63, 3.8) is 0 Å². The van der Waals surface area contributed by atoms with Gasteiger partial charge < -0.3 is 14.4 Å². The quantitative estimate of drug-likeness (QED) is 0.692. The zero-order valence-electron chi connectivity index (χ0n) is 16.8. The third-order valence-corrected chi connectivity index (χ3v) is 7.69. The number of carbonyl (C=O) groups excluding carboxylic acids is 1. The Labute approximate surface area is 172 Å². The molecular weight excluding hydrogens is 390 g/mol. The van der Waals surface area contributed by atoms with Gasteiger partial charge in [-0.3, -0.25) is 4.79 Å². The summed E-state index contributed by atoms with van der Waals surface area (Å²) in [6.45, 7) is 0.947. The van der Waals surface area contributed by atoms with Crippen molar-refractivity contribution in [3.05, 3.63) is 54.1 Å². The summed E-state index contributed by atoms with van der Waals surface area (Å²) >= 11 is 0. The van der Waals surface area contributed by atoms with Crippen LogP contribution in [0.15, 0.2) is 53.4 Å². The Hall–Kier alpha value is -2.54. The fourth-order valence-electron chi connectivity index (χ4n) is 3.57. The highest BCUT2D eigenvalue weighted by Crippen LogP contribution is 2.26. The summed E-state index contributed by atoms with van der Waals surface area (Å²) in [4.78, 5) is 14.6. The van der Waals surface area contributed by atoms with Crippen LogP contribution in [0, 0.1) is 0 Å². The molecule has 0 aliphatic carbocycles. The lowest BCUT2D eigenvalue weighted by Gasteiger charge is -2.32. The van der Waals surface area contributed by atoms with E-state index in [2.05, 4.69) is 0 Å². The monoisotopic (exact) mass is 417 g/mol. The molecule has 156 valence electrons. The summed E-state index contributed by atoms with van der Waals surface area (Å²) in [6, 6.07) is 14.2. The Balaban J connectivity index is 1.52. The Morgan fingerprint density at radius 2 is 1.45 bits per heavy atom. The van der Waals surface area contributed by atoms with Gasteiger partial charge in [-0.15, -0.1) is 0 Å². The van der Waals surface area contributed by atoms with Crippen LogP contribution >= 0.6 is 0 Å². The minimum Gasteiger partial charge on any atom is -0.497 e. The number of hydrogen-bond donors (Lipinski definition) is 0. The average Bonchev–Trinajstić information content (AvgIpc) is 2.78. The van der Waals surface area contributed by atoms with Gasteiger partial charge in [-0.2, -0.15) is 0 Å². The Bertz CT molecular complexity index is 915. The van der Waals surface area contributed by atoms with Crippen molar-refractivity contribution in [2.24, 2.45) is 0 Å². The summed E-state index contributed by atoms with van der Waals surface area (Å²) in [5, 5.41) is -0.457. The molecule has 1 saturated heterocycles. The number of ether oxygens (including phenoxy) is 2. The molecule has 7 heteroatoms. The minimum atomic E-state index is -3.40. The van der Waals surface area contributed by atoms with Crippen molar-refractivity contribution < 1.29 is 22.7 Å². The van der Waals surface area contributed by atoms with E-state index in [1.807, 2.05) is 24.3 Å². The molecule has 6 nitrogen and oxygen atoms in total. The molecule has 0 bridgehead atoms. The number of carbonyl (C=O) groups is 1. The molecule has 1 aliphatic heterocycles. The number of hydrogen-bond acceptors (Lipinski definition) is 5. The van der Waals surface area contributed by atoms with E-state index in [0.717, 1.165) is 11.3 Å². The molecule has 1 amide bonds. The van der Waals surface area contributed by atoms with Crippen molar-refractivity contribution in [1.29, 1.82) is 0 Å². The molecule has 1 fully saturated rings. The van der Waals surface area contributed by atoms with E-state index in [4.69, 9.17) is 9.47 Å². The fraction of sp³-hybridized carbons (Fsp3) is 0.409. The molecule has 0 N–H and O–H groups in total. The second-order valence-electron chi connectivity index (χ2n) is 7.15. The molecule has 0 aromatic heterocycles. The average molecular weight is 418 g/mol. The van der Waals surface area contributed by atoms with Gasteiger partial charge in [0.2, 0.25) is 5.91 Å². The van der Waals surface area contributed by atoms with E-state index >= 15 is 0 Å². The van der Waals surface area contributed by atoms with Crippen molar-refractivity contribution in [2.45, 2.75) is 35.8 Å². The van der Waals surface area contributed by atoms with Crippen LogP contribution < -0.4 is 9.47 Å². The first-order chi connectivity index (χ1) is 13.9. The van der Waals surface area contributed by atoms with Gasteiger partial charge >= 0.3 is 0 Å². The second kappa shape index (κ2) is 9.31. The summed E-state index contributed by atoms with van der Waals surface area (Å²) in [6.07, 6.45) is 2.00. The number of benzene rings is 2. The summed E-state index contributed by atoms with van der Waals surface area (Å²) in [7, 11) is -0.235. The number of piperidine rings is 1. The van der Waals surface area contributed by atoms with Crippen molar-refractivity contribution in [1.82, 2.24) is 4.90 Å². The predicted octanol–water partition coefficient (Wildman–Crippen LogP) is 3.10. The molecule has 0 spiro atoms. The molecule has 2 aromatic rings. The maximum Gasteiger partial charge on any atom is 0.222 e. The Morgan fingerprint density at radius 1 is 0.931 bits per heavy atom. The minimum absolute atomic E-state index is 0.0705. The lowest BCUT2D eigenvalue weighted by molar-refractivity contribution is -0.132. The summed E-state index contributed by atoms with van der Waals surface area (Å²) in [5.41, 5.74) is 1.08. The van der Waals surface area contributed by atoms with E-state index in [0.29, 0.717) is 49.4 Å². The number of sulfone groups is 1. The van der Waals surface area contributed by atoms with Gasteiger partial charge in [0.15, 0.2) is 9.84 Å². The number of aryl methyl sites for hydroxylation is 1. The van der Waals surface area contributed by atoms with Crippen LogP contribution in [0.3, 0.4) is 0 Å². The van der Waals surface area contributed by atoms with Gasteiger partial charge in [0.25, 0.3) is 0 Å². The highest BCUT2D eigenvalue weighted by Gasteiger charge is 2.32. The van der Waals surface area contributed by atoms with Crippen molar-refractivity contribution >= 4 is 15.7 Å². The third kappa shape index (κ3) is 5.09. The maximum absolute atomic E-state index is 12.9. The van der Waals surface area contributed by atoms with Crippen LogP contribution in [-0.2, 0) is 21.1 Å². The number of methoxy groups -OCH3 is 2. The number of nitrogens with zero attached hydrogens (tertiary/aromatic N) is 1. The van der Waals surface area contributed by atoms with Gasteiger partial charge in [0.05, 0.1) is 24.4 Å². The predicted molar refractivity (Wildman–Crippen MR) is 111 cm³/mol. The van der Waals surface area contributed by atoms with Crippen LogP contribution in [0.4, 0.5) is 0 Å². The molecule has 0 unspecified atom stereocenters. The zero-order chi connectivity index (χ0) is 20.9. The normalized spacial score (nSPS) is 15.2. The van der Waals surface area contributed by atoms with Crippen LogP contribution in [-0.4, -0.2) is 51.8 Å². The van der Waals surface area contributed by atoms with E-state index in [9.17, 15) is 13.2 Å². The molecule has 2 aromatic carbocycles. The fourth-order valence-corrected chi connectivity index (χ4v) is 5.31. The highest BCUT2D eigenvalue weighted by molar-refractivity contribution is 7.92. The van der Waals surface area contributed by atoms with E-state index in [1.165, 1.54) is 0 Å². The van der Waals surface area contributed by atoms with Gasteiger partial charge in [-0.1, -0.05) is 12.1 Å². The second-order valence-corrected chi connectivity index (χ2v) is 9.38. The topological polar surface area (TPSA) is 72.9 Å². The third-order valence-electron chi connectivity index (χ3n) is 5.41. The molecule has 1 heterocycles. The standard InChI is InChI=1S/C22H27NO5S/c1-27-18-6-3-17(4-7-18)5-12-22(24)23-15-13-21(14-16-23)29(25,26)20-10-8-19(28-2)9-11-20/h3-4,6-11,21H,5,12-16H2,1-2H3. The van der Waals surface area contributed by atoms with Gasteiger partial charge in [-0.25, -0.2) is 8.42 Å². The maximum atomic E-state index is 12.9. The molecule has 29 heavy (non-hydrogen) atoms. The smallest absolute Gasteiger partial charge is 0.222 e. The molecule has 0 saturated carbocycles. The molecule has 0 radical (unpaired) electrons. The summed E-state index contributed by atoms with van der Waals surface area (Å²) in [5.74, 6) is 1.49. The number of rotatable bonds is 7. The van der Waals surface area contributed by atoms with Crippen LogP contribution in [0.25, 0.3) is 0 Å². The first-order valence-corrected chi connectivity index (χ1v) is 11.3. The summed E-state index contributed by atoms with van der Waals surface area (Å²) < 4.78 is 36.0. The lowest BCUT2D eigenvalue weighted by atomic mass is 10.1. The number of amides is 1. The largest absolute Gasteiger partial charge is 0.497 e. The van der Waals surface area contributed by atoms with E-state index in [1.54, 1.807) is 43.4 Å². The number of likely N-dealkylation sites (tertiary alicyclic amines) is 1. The zero-order valence-corrected chi connectivity index (χ0v) is 17.7. The van der Waals surface area contributed by atoms with Crippen molar-refractivity contribution in [2.75, 3.05) is 27.3 Å². The Morgan fingerprint density at radius 3 is 1.97 bits per heavy atom. The van der Waals surface area contributed by atoms with Gasteiger partial charge in [-0.05, 0) is 61.2 Å². The first-order valence-electron chi connectivity index (χ1n) is 9.72. The highest BCUT2D eigenvalue weighted by atomic mass is 32.2. The van der Waals surface area contributed by atoms with Crippen LogP contribution in [0.5, 0.6) is 11.5 Å². The molecule has 0 atom stereocenters. The molecule has 3 rings (SSSR count). The van der Waals surface area contributed by atoms with E-state index < -0.39 is 15.1 Å². The first kappa shape index (κ1) is 21.2. The van der Waals surface area contributed by atoms with Gasteiger partial charge in [0, 0.05) is 19.5 Å². The van der Waals surface area contributed by atoms with Crippen molar-refractivity contribution in [3.8, 4) is 11.5 Å². The molecule has 1 aliphatic rings. The molecular formula is C22H27NO5S. The lowest BCUT2D eigenvalue weighted by Crippen LogP contribution is -2.42. The van der Waals surface area contributed by atoms with Gasteiger partial charge in [0.1, 0.15) is 11.5 Å². The van der Waals surface area contributed by atoms with Crippen LogP contribution in [0.1, 0.15) is 24.8 Å². The van der Waals surface area contributed by atoms with Crippen LogP contribution in [0.2, 0.25) is 0 Å². The Kier molecular flexibility index (Phi) is 6.79. The van der Waals surface area contributed by atoms with E-state index in [-0.39, 0.29) is 5.91 Å². The SMILES string of the molecule is COc1ccc(CCC(=O)N2CCC(S(=O)(=O)c3ccc(OC)cc3)CC2)cc1.